The number of methoxy groups -OCH3 is 1. The fraction of sp³-hybridized carbons (Fsp3) is 0.909. The van der Waals surface area contributed by atoms with Gasteiger partial charge in [-0.1, -0.05) is 67.9 Å². The Morgan fingerprint density at radius 3 is 2.08 bits per heavy atom. The molecule has 8 atom stereocenters. The van der Waals surface area contributed by atoms with Crippen molar-refractivity contribution in [3.05, 3.63) is 11.6 Å². The summed E-state index contributed by atoms with van der Waals surface area (Å²) < 4.78 is 18.2. The minimum absolute atomic E-state index is 0.0826. The van der Waals surface area contributed by atoms with Gasteiger partial charge in [-0.05, 0) is 102 Å². The first-order valence-electron chi connectivity index (χ1n) is 15.8. The quantitative estimate of drug-likeness (QED) is 0.203. The molecular formula is C33H58O4Si. The average Bonchev–Trinajstić information content (AvgIpc) is 3.20. The summed E-state index contributed by atoms with van der Waals surface area (Å²) in [6.45, 7) is 23.0. The van der Waals surface area contributed by atoms with Gasteiger partial charge >= 0.3 is 0 Å². The summed E-state index contributed by atoms with van der Waals surface area (Å²) in [5.74, 6) is 2.81. The first-order valence-corrected chi connectivity index (χ1v) is 18.0. The Morgan fingerprint density at radius 2 is 1.47 bits per heavy atom. The maximum Gasteiger partial charge on any atom is 0.200 e. The number of ether oxygens (including phenoxy) is 2. The third kappa shape index (κ3) is 4.94. The molecule has 0 spiro atoms. The number of allylic oxidation sites excluding steroid dienone is 2. The number of ketones is 1. The van der Waals surface area contributed by atoms with Crippen molar-refractivity contribution < 1.29 is 18.7 Å². The maximum absolute atomic E-state index is 13.6. The van der Waals surface area contributed by atoms with Crippen molar-refractivity contribution in [2.75, 3.05) is 20.5 Å². The molecule has 4 nitrogen and oxygen atoms in total. The first-order chi connectivity index (χ1) is 17.8. The van der Waals surface area contributed by atoms with Gasteiger partial charge < -0.3 is 13.9 Å². The van der Waals surface area contributed by atoms with Crippen molar-refractivity contribution >= 4 is 14.1 Å². The van der Waals surface area contributed by atoms with Gasteiger partial charge in [0.1, 0.15) is 6.79 Å². The van der Waals surface area contributed by atoms with E-state index in [2.05, 4.69) is 68.4 Å². The highest BCUT2D eigenvalue weighted by atomic mass is 28.4. The molecule has 3 fully saturated rings. The molecule has 5 heteroatoms. The molecule has 0 aromatic heterocycles. The van der Waals surface area contributed by atoms with Crippen LogP contribution in [0.3, 0.4) is 0 Å². The second kappa shape index (κ2) is 11.4. The lowest BCUT2D eigenvalue weighted by molar-refractivity contribution is -0.142. The van der Waals surface area contributed by atoms with Crippen LogP contribution in [0.15, 0.2) is 11.6 Å². The van der Waals surface area contributed by atoms with Gasteiger partial charge in [-0.3, -0.25) is 4.79 Å². The molecule has 4 rings (SSSR count). The van der Waals surface area contributed by atoms with Crippen LogP contribution >= 0.6 is 0 Å². The van der Waals surface area contributed by atoms with Gasteiger partial charge in [0.05, 0.1) is 6.10 Å². The summed E-state index contributed by atoms with van der Waals surface area (Å²) in [7, 11) is -0.192. The van der Waals surface area contributed by atoms with Crippen LogP contribution in [0.2, 0.25) is 16.6 Å². The third-order valence-corrected chi connectivity index (χ3v) is 18.4. The number of hydrogen-bond acceptors (Lipinski definition) is 4. The highest BCUT2D eigenvalue weighted by molar-refractivity contribution is 6.77. The molecule has 0 saturated heterocycles. The zero-order valence-electron chi connectivity index (χ0n) is 26.3. The van der Waals surface area contributed by atoms with Crippen molar-refractivity contribution in [3.8, 4) is 0 Å². The molecule has 0 radical (unpaired) electrons. The topological polar surface area (TPSA) is 44.8 Å². The van der Waals surface area contributed by atoms with E-state index in [0.29, 0.717) is 52.9 Å². The molecule has 38 heavy (non-hydrogen) atoms. The van der Waals surface area contributed by atoms with Gasteiger partial charge in [-0.2, -0.15) is 0 Å². The van der Waals surface area contributed by atoms with Crippen LogP contribution in [-0.4, -0.2) is 40.7 Å². The van der Waals surface area contributed by atoms with E-state index in [1.54, 1.807) is 7.11 Å². The van der Waals surface area contributed by atoms with Crippen LogP contribution in [0.4, 0.5) is 0 Å². The predicted molar refractivity (Wildman–Crippen MR) is 158 cm³/mol. The zero-order valence-corrected chi connectivity index (χ0v) is 27.3. The lowest BCUT2D eigenvalue weighted by atomic mass is 9.47. The summed E-state index contributed by atoms with van der Waals surface area (Å²) in [5.41, 5.74) is 3.76. The summed E-state index contributed by atoms with van der Waals surface area (Å²) in [5, 5.41) is 0. The van der Waals surface area contributed by atoms with Gasteiger partial charge in [0.25, 0.3) is 0 Å². The summed E-state index contributed by atoms with van der Waals surface area (Å²) in [6, 6.07) is 0. The molecule has 0 aliphatic heterocycles. The van der Waals surface area contributed by atoms with Gasteiger partial charge in [0, 0.05) is 19.6 Å². The Morgan fingerprint density at radius 1 is 0.868 bits per heavy atom. The van der Waals surface area contributed by atoms with E-state index in [4.69, 9.17) is 13.9 Å². The number of fused-ring (bicyclic) bond motifs is 5. The van der Waals surface area contributed by atoms with E-state index >= 15 is 0 Å². The van der Waals surface area contributed by atoms with Crippen LogP contribution in [0.5, 0.6) is 0 Å². The summed E-state index contributed by atoms with van der Waals surface area (Å²) in [6.07, 6.45) is 10.3. The molecule has 0 heterocycles. The van der Waals surface area contributed by atoms with E-state index in [-0.39, 0.29) is 22.9 Å². The van der Waals surface area contributed by atoms with E-state index < -0.39 is 8.32 Å². The van der Waals surface area contributed by atoms with Crippen molar-refractivity contribution in [2.45, 2.75) is 130 Å². The number of rotatable bonds is 10. The molecule has 0 aromatic carbocycles. The SMILES string of the molecule is COCO[C@H]1CC[C@]2(C)C3CC[C@]4(C)C(C(C)CO[Si](C(C)C)(C(C)C)C(C)C)CC[C@H]4C3=CC(=O)[C@H]2C1. The van der Waals surface area contributed by atoms with Crippen LogP contribution in [0, 0.1) is 40.4 Å². The van der Waals surface area contributed by atoms with E-state index in [1.807, 2.05) is 0 Å². The molecule has 0 bridgehead atoms. The largest absolute Gasteiger partial charge is 0.416 e. The second-order valence-corrected chi connectivity index (χ2v) is 20.5. The lowest BCUT2D eigenvalue weighted by Crippen LogP contribution is -2.53. The molecule has 0 amide bonds. The van der Waals surface area contributed by atoms with Crippen LogP contribution in [0.1, 0.15) is 107 Å². The van der Waals surface area contributed by atoms with Gasteiger partial charge in [0.15, 0.2) is 14.1 Å². The summed E-state index contributed by atoms with van der Waals surface area (Å²) in [4.78, 5) is 13.6. The molecule has 3 saturated carbocycles. The minimum atomic E-state index is -1.86. The fourth-order valence-corrected chi connectivity index (χ4v) is 16.1. The van der Waals surface area contributed by atoms with Crippen LogP contribution in [-0.2, 0) is 18.7 Å². The molecule has 0 N–H and O–H groups in total. The van der Waals surface area contributed by atoms with Gasteiger partial charge in [-0.25, -0.2) is 0 Å². The zero-order chi connectivity index (χ0) is 28.0. The average molecular weight is 547 g/mol. The van der Waals surface area contributed by atoms with Crippen molar-refractivity contribution in [1.82, 2.24) is 0 Å². The Labute approximate surface area is 235 Å². The molecule has 4 aliphatic carbocycles. The Bertz CT molecular complexity index is 858. The fourth-order valence-electron chi connectivity index (χ4n) is 10.5. The Kier molecular flexibility index (Phi) is 9.15. The number of carbonyl (C=O) groups is 1. The maximum atomic E-state index is 13.6. The smallest absolute Gasteiger partial charge is 0.200 e. The number of hydrogen-bond donors (Lipinski definition) is 0. The highest BCUT2D eigenvalue weighted by Crippen LogP contribution is 2.66. The predicted octanol–water partition coefficient (Wildman–Crippen LogP) is 8.56. The standard InChI is InChI=1S/C33H58O4Si/c1-21(2)38(22(3)4,23(5)6)37-19-24(7)27-11-12-28-26-18-31(34)30-17-25(36-20-35-10)13-15-33(30,9)29(26)14-16-32(27,28)8/h18,21-25,27-30H,11-17,19-20H2,1-10H3/t24?,25-,27?,28-,29?,30+,32+,33+/m0/s1. The lowest BCUT2D eigenvalue weighted by Gasteiger charge is -2.57. The summed E-state index contributed by atoms with van der Waals surface area (Å²) >= 11 is 0. The third-order valence-electron chi connectivity index (χ3n) is 12.3. The monoisotopic (exact) mass is 546 g/mol. The van der Waals surface area contributed by atoms with E-state index in [1.165, 1.54) is 31.3 Å². The number of carbonyl (C=O) groups excluding carboxylic acids is 1. The minimum Gasteiger partial charge on any atom is -0.416 e. The molecule has 218 valence electrons. The molecule has 0 aromatic rings. The van der Waals surface area contributed by atoms with Crippen molar-refractivity contribution in [1.29, 1.82) is 0 Å². The first kappa shape index (κ1) is 30.5. The van der Waals surface area contributed by atoms with Crippen LogP contribution < -0.4 is 0 Å². The Hall–Kier alpha value is -0.493. The van der Waals surface area contributed by atoms with Gasteiger partial charge in [-0.15, -0.1) is 0 Å². The second-order valence-electron chi connectivity index (χ2n) is 15.0. The normalized spacial score (nSPS) is 38.3. The Balaban J connectivity index is 1.51. The van der Waals surface area contributed by atoms with Crippen molar-refractivity contribution in [2.24, 2.45) is 40.4 Å². The van der Waals surface area contributed by atoms with E-state index in [0.717, 1.165) is 25.9 Å². The van der Waals surface area contributed by atoms with Gasteiger partial charge in [0.2, 0.25) is 0 Å². The molecule has 3 unspecified atom stereocenters. The van der Waals surface area contributed by atoms with Crippen molar-refractivity contribution in [3.63, 3.8) is 0 Å². The van der Waals surface area contributed by atoms with E-state index in [9.17, 15) is 4.79 Å². The molecular weight excluding hydrogens is 488 g/mol. The van der Waals surface area contributed by atoms with Crippen LogP contribution in [0.25, 0.3) is 0 Å². The highest BCUT2D eigenvalue weighted by Gasteiger charge is 2.60. The molecule has 4 aliphatic rings.